The number of anilines is 1. The normalized spacial score (nSPS) is 12.5. The number of ether oxygens (including phenoxy) is 2. The topological polar surface area (TPSA) is 42.5 Å². The third-order valence-corrected chi connectivity index (χ3v) is 6.00. The minimum atomic E-state index is -0.0141. The first-order chi connectivity index (χ1) is 15.0. The van der Waals surface area contributed by atoms with Crippen LogP contribution >= 0.6 is 28.1 Å². The highest BCUT2D eigenvalue weighted by molar-refractivity contribution is 9.10. The second-order valence-electron chi connectivity index (χ2n) is 7.14. The molecule has 2 atom stereocenters. The van der Waals surface area contributed by atoms with Gasteiger partial charge in [0.25, 0.3) is 0 Å². The lowest BCUT2D eigenvalue weighted by molar-refractivity contribution is 0.413. The molecular formula is C25H27BrN2O2S. The van der Waals surface area contributed by atoms with Crippen LogP contribution in [0.4, 0.5) is 5.69 Å². The van der Waals surface area contributed by atoms with Crippen LogP contribution < -0.4 is 20.1 Å². The molecule has 2 unspecified atom stereocenters. The van der Waals surface area contributed by atoms with Crippen molar-refractivity contribution in [2.75, 3.05) is 19.5 Å². The predicted molar refractivity (Wildman–Crippen MR) is 135 cm³/mol. The number of hydrogen-bond donors (Lipinski definition) is 2. The molecule has 4 nitrogen and oxygen atoms in total. The molecule has 0 aliphatic heterocycles. The van der Waals surface area contributed by atoms with E-state index in [-0.39, 0.29) is 12.0 Å². The number of thiocarbonyl (C=S) groups is 1. The first-order valence-corrected chi connectivity index (χ1v) is 11.3. The number of hydrogen-bond acceptors (Lipinski definition) is 3. The zero-order valence-corrected chi connectivity index (χ0v) is 20.3. The van der Waals surface area contributed by atoms with E-state index in [2.05, 4.69) is 57.8 Å². The van der Waals surface area contributed by atoms with Gasteiger partial charge in [0, 0.05) is 16.1 Å². The van der Waals surface area contributed by atoms with Crippen molar-refractivity contribution < 1.29 is 9.47 Å². The van der Waals surface area contributed by atoms with E-state index < -0.39 is 0 Å². The standard InChI is InChI=1S/C25H27BrN2O2S/c1-4-23(17-5-13-21(29-2)14-6-17)24(18-7-15-22(30-3)16-8-18)28-25(31)27-20-11-9-19(26)10-12-20/h5-16,23-24H,4H2,1-3H3,(H2,27,28,31). The minimum absolute atomic E-state index is 0.0141. The third kappa shape index (κ3) is 6.21. The van der Waals surface area contributed by atoms with Crippen molar-refractivity contribution in [1.29, 1.82) is 0 Å². The first-order valence-electron chi connectivity index (χ1n) is 10.1. The number of rotatable bonds is 8. The molecule has 0 heterocycles. The van der Waals surface area contributed by atoms with Gasteiger partial charge in [-0.25, -0.2) is 0 Å². The van der Waals surface area contributed by atoms with Crippen molar-refractivity contribution in [2.45, 2.75) is 25.3 Å². The van der Waals surface area contributed by atoms with Gasteiger partial charge in [-0.2, -0.15) is 0 Å². The largest absolute Gasteiger partial charge is 0.497 e. The summed E-state index contributed by atoms with van der Waals surface area (Å²) in [7, 11) is 3.36. The zero-order valence-electron chi connectivity index (χ0n) is 17.9. The van der Waals surface area contributed by atoms with Crippen molar-refractivity contribution in [1.82, 2.24) is 5.32 Å². The molecule has 3 aromatic rings. The molecular weight excluding hydrogens is 472 g/mol. The fourth-order valence-electron chi connectivity index (χ4n) is 3.58. The van der Waals surface area contributed by atoms with Gasteiger partial charge in [-0.15, -0.1) is 0 Å². The lowest BCUT2D eigenvalue weighted by Gasteiger charge is -2.30. The Morgan fingerprint density at radius 2 is 1.35 bits per heavy atom. The van der Waals surface area contributed by atoms with Gasteiger partial charge in [0.1, 0.15) is 11.5 Å². The Bertz CT molecular complexity index is 976. The fraction of sp³-hybridized carbons (Fsp3) is 0.240. The molecule has 0 aliphatic rings. The lowest BCUT2D eigenvalue weighted by atomic mass is 9.85. The molecule has 0 fully saturated rings. The highest BCUT2D eigenvalue weighted by Crippen LogP contribution is 2.35. The Labute approximate surface area is 198 Å². The summed E-state index contributed by atoms with van der Waals surface area (Å²) in [5.74, 6) is 1.89. The Kier molecular flexibility index (Phi) is 8.32. The van der Waals surface area contributed by atoms with E-state index in [4.69, 9.17) is 21.7 Å². The molecule has 6 heteroatoms. The molecule has 162 valence electrons. The van der Waals surface area contributed by atoms with Crippen molar-refractivity contribution in [3.63, 3.8) is 0 Å². The molecule has 0 aliphatic carbocycles. The summed E-state index contributed by atoms with van der Waals surface area (Å²) < 4.78 is 11.7. The van der Waals surface area contributed by atoms with E-state index in [1.807, 2.05) is 48.5 Å². The predicted octanol–water partition coefficient (Wildman–Crippen LogP) is 6.69. The van der Waals surface area contributed by atoms with E-state index in [9.17, 15) is 0 Å². The summed E-state index contributed by atoms with van der Waals surface area (Å²) in [6.45, 7) is 2.19. The minimum Gasteiger partial charge on any atom is -0.497 e. The molecule has 3 aromatic carbocycles. The maximum atomic E-state index is 5.67. The Hall–Kier alpha value is -2.57. The molecule has 3 rings (SSSR count). The van der Waals surface area contributed by atoms with Crippen molar-refractivity contribution in [3.8, 4) is 11.5 Å². The molecule has 2 N–H and O–H groups in total. The molecule has 0 radical (unpaired) electrons. The van der Waals surface area contributed by atoms with Crippen LogP contribution in [0.15, 0.2) is 77.3 Å². The summed E-state index contributed by atoms with van der Waals surface area (Å²) >= 11 is 9.14. The number of methoxy groups -OCH3 is 2. The smallest absolute Gasteiger partial charge is 0.171 e. The maximum Gasteiger partial charge on any atom is 0.171 e. The Morgan fingerprint density at radius 1 is 0.839 bits per heavy atom. The highest BCUT2D eigenvalue weighted by Gasteiger charge is 2.24. The van der Waals surface area contributed by atoms with E-state index in [0.29, 0.717) is 5.11 Å². The molecule has 0 amide bonds. The summed E-state index contributed by atoms with van der Waals surface area (Å²) in [4.78, 5) is 0. The van der Waals surface area contributed by atoms with Crippen molar-refractivity contribution >= 4 is 38.9 Å². The van der Waals surface area contributed by atoms with Gasteiger partial charge in [-0.05, 0) is 78.3 Å². The van der Waals surface area contributed by atoms with Crippen LogP contribution in [0.1, 0.15) is 36.4 Å². The van der Waals surface area contributed by atoms with Crippen LogP contribution in [0, 0.1) is 0 Å². The molecule has 0 aromatic heterocycles. The van der Waals surface area contributed by atoms with E-state index in [1.165, 1.54) is 5.56 Å². The molecule has 0 saturated carbocycles. The van der Waals surface area contributed by atoms with Gasteiger partial charge in [-0.1, -0.05) is 47.1 Å². The number of nitrogens with one attached hydrogen (secondary N) is 2. The number of halogens is 1. The van der Waals surface area contributed by atoms with Gasteiger partial charge in [0.05, 0.1) is 20.3 Å². The maximum absolute atomic E-state index is 5.67. The van der Waals surface area contributed by atoms with E-state index in [0.717, 1.165) is 33.6 Å². The highest BCUT2D eigenvalue weighted by atomic mass is 79.9. The van der Waals surface area contributed by atoms with Crippen molar-refractivity contribution in [2.24, 2.45) is 0 Å². The van der Waals surface area contributed by atoms with Crippen LogP contribution in [0.3, 0.4) is 0 Å². The average molecular weight is 499 g/mol. The summed E-state index contributed by atoms with van der Waals surface area (Å²) in [5.41, 5.74) is 3.30. The van der Waals surface area contributed by atoms with Crippen LogP contribution in [0.5, 0.6) is 11.5 Å². The van der Waals surface area contributed by atoms with Gasteiger partial charge in [0.2, 0.25) is 0 Å². The quantitative estimate of drug-likeness (QED) is 0.338. The van der Waals surface area contributed by atoms with Crippen LogP contribution in [-0.2, 0) is 0 Å². The second kappa shape index (κ2) is 11.2. The molecule has 0 spiro atoms. The van der Waals surface area contributed by atoms with Gasteiger partial charge in [0.15, 0.2) is 5.11 Å². The SMILES string of the molecule is CCC(c1ccc(OC)cc1)C(NC(=S)Nc1ccc(Br)cc1)c1ccc(OC)cc1. The van der Waals surface area contributed by atoms with Gasteiger partial charge < -0.3 is 20.1 Å². The van der Waals surface area contributed by atoms with E-state index in [1.54, 1.807) is 14.2 Å². The monoisotopic (exact) mass is 498 g/mol. The lowest BCUT2D eigenvalue weighted by Crippen LogP contribution is -2.35. The first kappa shape index (κ1) is 23.1. The summed E-state index contributed by atoms with van der Waals surface area (Å²) in [6, 6.07) is 24.3. The van der Waals surface area contributed by atoms with Crippen molar-refractivity contribution in [3.05, 3.63) is 88.4 Å². The third-order valence-electron chi connectivity index (χ3n) is 5.25. The van der Waals surface area contributed by atoms with Crippen LogP contribution in [0.25, 0.3) is 0 Å². The number of benzene rings is 3. The van der Waals surface area contributed by atoms with Gasteiger partial charge in [-0.3, -0.25) is 0 Å². The van der Waals surface area contributed by atoms with Crippen LogP contribution in [-0.4, -0.2) is 19.3 Å². The molecule has 31 heavy (non-hydrogen) atoms. The Balaban J connectivity index is 1.88. The summed E-state index contributed by atoms with van der Waals surface area (Å²) in [5, 5.41) is 7.42. The average Bonchev–Trinajstić information content (AvgIpc) is 2.81. The van der Waals surface area contributed by atoms with E-state index >= 15 is 0 Å². The second-order valence-corrected chi connectivity index (χ2v) is 8.47. The molecule has 0 saturated heterocycles. The summed E-state index contributed by atoms with van der Waals surface area (Å²) in [6.07, 6.45) is 0.941. The molecule has 0 bridgehead atoms. The van der Waals surface area contributed by atoms with Gasteiger partial charge >= 0.3 is 0 Å². The Morgan fingerprint density at radius 3 is 1.84 bits per heavy atom. The zero-order chi connectivity index (χ0) is 22.2. The van der Waals surface area contributed by atoms with Crippen LogP contribution in [0.2, 0.25) is 0 Å². The fourth-order valence-corrected chi connectivity index (χ4v) is 4.09.